The molecule has 0 unspecified atom stereocenters. The van der Waals surface area contributed by atoms with E-state index in [2.05, 4.69) is 0 Å². The van der Waals surface area contributed by atoms with E-state index < -0.39 is 28.5 Å². The number of halogens is 1. The number of rotatable bonds is 7. The third-order valence-electron chi connectivity index (χ3n) is 5.59. The van der Waals surface area contributed by atoms with E-state index in [0.29, 0.717) is 24.3 Å². The maximum absolute atomic E-state index is 13.4. The molecule has 0 saturated carbocycles. The third kappa shape index (κ3) is 4.64. The molecule has 0 fully saturated rings. The van der Waals surface area contributed by atoms with Gasteiger partial charge in [0.15, 0.2) is 6.61 Å². The number of hydrogen-bond donors (Lipinski definition) is 0. The van der Waals surface area contributed by atoms with E-state index in [-0.39, 0.29) is 22.0 Å². The highest BCUT2D eigenvalue weighted by molar-refractivity contribution is 7.93. The van der Waals surface area contributed by atoms with E-state index in [0.717, 1.165) is 5.56 Å². The van der Waals surface area contributed by atoms with Crippen LogP contribution >= 0.6 is 11.6 Å². The number of hydrogen-bond acceptors (Lipinski definition) is 5. The van der Waals surface area contributed by atoms with Gasteiger partial charge in [0.1, 0.15) is 4.90 Å². The van der Waals surface area contributed by atoms with Crippen molar-refractivity contribution in [2.75, 3.05) is 28.9 Å². The minimum Gasteiger partial charge on any atom is -0.452 e. The number of para-hydroxylation sites is 2. The van der Waals surface area contributed by atoms with Crippen LogP contribution in [-0.2, 0) is 26.0 Å². The molecule has 0 atom stereocenters. The summed E-state index contributed by atoms with van der Waals surface area (Å²) in [6.45, 7) is 2.03. The molecule has 0 aliphatic carbocycles. The van der Waals surface area contributed by atoms with Crippen molar-refractivity contribution in [3.8, 4) is 0 Å². The summed E-state index contributed by atoms with van der Waals surface area (Å²) in [5.74, 6) is -1.20. The van der Waals surface area contributed by atoms with E-state index in [1.54, 1.807) is 24.3 Å². The van der Waals surface area contributed by atoms with Gasteiger partial charge in [0.05, 0.1) is 16.3 Å². The molecule has 1 aliphatic heterocycles. The van der Waals surface area contributed by atoms with E-state index in [1.807, 2.05) is 37.3 Å². The van der Waals surface area contributed by atoms with Crippen molar-refractivity contribution in [1.82, 2.24) is 0 Å². The Morgan fingerprint density at radius 2 is 1.74 bits per heavy atom. The summed E-state index contributed by atoms with van der Waals surface area (Å²) in [7, 11) is -4.01. The molecule has 0 radical (unpaired) electrons. The van der Waals surface area contributed by atoms with Crippen LogP contribution in [0.5, 0.6) is 0 Å². The maximum atomic E-state index is 13.4. The van der Waals surface area contributed by atoms with Crippen molar-refractivity contribution < 1.29 is 22.7 Å². The second kappa shape index (κ2) is 9.87. The summed E-state index contributed by atoms with van der Waals surface area (Å²) in [5.41, 5.74) is 2.20. The van der Waals surface area contributed by atoms with Crippen LogP contribution < -0.4 is 9.21 Å². The molecule has 1 heterocycles. The molecule has 9 heteroatoms. The number of amides is 1. The predicted molar refractivity (Wildman–Crippen MR) is 131 cm³/mol. The van der Waals surface area contributed by atoms with E-state index in [1.165, 1.54) is 27.4 Å². The number of ether oxygens (including phenoxy) is 1. The average Bonchev–Trinajstić information content (AvgIpc) is 3.29. The first-order valence-corrected chi connectivity index (χ1v) is 12.6. The molecule has 0 aromatic heterocycles. The van der Waals surface area contributed by atoms with Crippen LogP contribution in [0.1, 0.15) is 22.8 Å². The van der Waals surface area contributed by atoms with E-state index >= 15 is 0 Å². The molecule has 0 spiro atoms. The molecule has 7 nitrogen and oxygen atoms in total. The van der Waals surface area contributed by atoms with Crippen LogP contribution in [-0.4, -0.2) is 40.0 Å². The Bertz CT molecular complexity index is 1330. The second-order valence-corrected chi connectivity index (χ2v) is 9.89. The van der Waals surface area contributed by atoms with Gasteiger partial charge in [-0.1, -0.05) is 48.0 Å². The minimum atomic E-state index is -4.01. The fourth-order valence-electron chi connectivity index (χ4n) is 3.90. The lowest BCUT2D eigenvalue weighted by atomic mass is 10.2. The highest BCUT2D eigenvalue weighted by Crippen LogP contribution is 2.35. The van der Waals surface area contributed by atoms with Crippen LogP contribution in [0.4, 0.5) is 11.4 Å². The highest BCUT2D eigenvalue weighted by Gasteiger charge is 2.32. The van der Waals surface area contributed by atoms with Crippen LogP contribution in [0.3, 0.4) is 0 Å². The van der Waals surface area contributed by atoms with Gasteiger partial charge in [-0.2, -0.15) is 0 Å². The normalized spacial score (nSPS) is 12.8. The van der Waals surface area contributed by atoms with Gasteiger partial charge in [-0.05, 0) is 55.3 Å². The monoisotopic (exact) mass is 498 g/mol. The van der Waals surface area contributed by atoms with Crippen LogP contribution in [0.15, 0.2) is 77.7 Å². The molecular weight excluding hydrogens is 476 g/mol. The van der Waals surface area contributed by atoms with Gasteiger partial charge in [0.2, 0.25) is 0 Å². The second-order valence-electron chi connectivity index (χ2n) is 7.65. The number of nitrogens with zero attached hydrogens (tertiary/aromatic N) is 2. The SMILES string of the molecule is CCN(C(=O)COC(=O)c1ccc(Cl)c(S(=O)(=O)N2CCc3ccccc32)c1)c1ccccc1. The molecule has 1 amide bonds. The van der Waals surface area contributed by atoms with Gasteiger partial charge >= 0.3 is 5.97 Å². The standard InChI is InChI=1S/C25H23ClN2O5S/c1-2-27(20-9-4-3-5-10-20)24(29)17-33-25(30)19-12-13-21(26)23(16-19)34(31,32)28-15-14-18-8-6-7-11-22(18)28/h3-13,16H,2,14-15,17H2,1H3. The molecular formula is C25H23ClN2O5S. The quantitative estimate of drug-likeness (QED) is 0.453. The first-order valence-electron chi connectivity index (χ1n) is 10.8. The first-order chi connectivity index (χ1) is 16.3. The van der Waals surface area contributed by atoms with Gasteiger partial charge in [-0.25, -0.2) is 13.2 Å². The topological polar surface area (TPSA) is 84.0 Å². The number of sulfonamides is 1. The van der Waals surface area contributed by atoms with Crippen molar-refractivity contribution in [2.45, 2.75) is 18.2 Å². The van der Waals surface area contributed by atoms with Gasteiger partial charge in [0.25, 0.3) is 15.9 Å². The lowest BCUT2D eigenvalue weighted by Crippen LogP contribution is -2.34. The van der Waals surface area contributed by atoms with E-state index in [9.17, 15) is 18.0 Å². The predicted octanol–water partition coefficient (Wildman–Crippen LogP) is 4.30. The summed E-state index contributed by atoms with van der Waals surface area (Å²) in [6, 6.07) is 20.2. The van der Waals surface area contributed by atoms with Gasteiger partial charge in [-0.15, -0.1) is 0 Å². The molecule has 34 heavy (non-hydrogen) atoms. The summed E-state index contributed by atoms with van der Waals surface area (Å²) >= 11 is 6.23. The van der Waals surface area contributed by atoms with Gasteiger partial charge in [0, 0.05) is 18.8 Å². The molecule has 0 saturated heterocycles. The average molecular weight is 499 g/mol. The number of benzene rings is 3. The van der Waals surface area contributed by atoms with Crippen LogP contribution in [0, 0.1) is 0 Å². The lowest BCUT2D eigenvalue weighted by Gasteiger charge is -2.21. The largest absolute Gasteiger partial charge is 0.452 e. The Morgan fingerprint density at radius 3 is 2.47 bits per heavy atom. The third-order valence-corrected chi connectivity index (χ3v) is 7.89. The molecule has 4 rings (SSSR count). The Hall–Kier alpha value is -3.36. The zero-order valence-electron chi connectivity index (χ0n) is 18.5. The summed E-state index contributed by atoms with van der Waals surface area (Å²) < 4.78 is 33.2. The number of anilines is 2. The molecule has 0 N–H and O–H groups in total. The van der Waals surface area contributed by atoms with E-state index in [4.69, 9.17) is 16.3 Å². The minimum absolute atomic E-state index is 0.00163. The molecule has 1 aliphatic rings. The highest BCUT2D eigenvalue weighted by atomic mass is 35.5. The number of carbonyl (C=O) groups is 2. The van der Waals surface area contributed by atoms with Crippen molar-refractivity contribution >= 4 is 44.9 Å². The fraction of sp³-hybridized carbons (Fsp3) is 0.200. The number of fused-ring (bicyclic) bond motifs is 1. The van der Waals surface area contributed by atoms with Gasteiger partial charge in [-0.3, -0.25) is 9.10 Å². The van der Waals surface area contributed by atoms with Crippen molar-refractivity contribution in [3.05, 3.63) is 88.9 Å². The maximum Gasteiger partial charge on any atom is 0.338 e. The van der Waals surface area contributed by atoms with Crippen molar-refractivity contribution in [2.24, 2.45) is 0 Å². The summed E-state index contributed by atoms with van der Waals surface area (Å²) in [6.07, 6.45) is 0.589. The zero-order chi connectivity index (χ0) is 24.3. The molecule has 3 aromatic rings. The van der Waals surface area contributed by atoms with Crippen LogP contribution in [0.25, 0.3) is 0 Å². The summed E-state index contributed by atoms with van der Waals surface area (Å²) in [4.78, 5) is 26.6. The Kier molecular flexibility index (Phi) is 6.90. The van der Waals surface area contributed by atoms with Gasteiger partial charge < -0.3 is 9.64 Å². The zero-order valence-corrected chi connectivity index (χ0v) is 20.1. The fourth-order valence-corrected chi connectivity index (χ4v) is 5.91. The molecule has 3 aromatic carbocycles. The molecule has 0 bridgehead atoms. The Labute approximate surface area is 203 Å². The number of carbonyl (C=O) groups excluding carboxylic acids is 2. The Morgan fingerprint density at radius 1 is 1.03 bits per heavy atom. The van der Waals surface area contributed by atoms with Crippen LogP contribution in [0.2, 0.25) is 5.02 Å². The number of likely N-dealkylation sites (N-methyl/N-ethyl adjacent to an activating group) is 1. The lowest BCUT2D eigenvalue weighted by molar-refractivity contribution is -0.121. The smallest absolute Gasteiger partial charge is 0.338 e. The first kappa shape index (κ1) is 23.8. The van der Waals surface area contributed by atoms with Crippen molar-refractivity contribution in [3.63, 3.8) is 0 Å². The Balaban J connectivity index is 1.52. The summed E-state index contributed by atoms with van der Waals surface area (Å²) in [5, 5.41) is -0.00163. The number of esters is 1. The molecule has 176 valence electrons. The van der Waals surface area contributed by atoms with Crippen molar-refractivity contribution in [1.29, 1.82) is 0 Å².